The van der Waals surface area contributed by atoms with Gasteiger partial charge in [0.15, 0.2) is 0 Å². The molecule has 0 N–H and O–H groups in total. The van der Waals surface area contributed by atoms with Crippen LogP contribution in [-0.4, -0.2) is 14.5 Å². The van der Waals surface area contributed by atoms with Crippen LogP contribution in [0.5, 0.6) is 0 Å². The van der Waals surface area contributed by atoms with Crippen molar-refractivity contribution in [3.8, 4) is 50.6 Å². The van der Waals surface area contributed by atoms with Crippen LogP contribution in [-0.2, 0) is 20.1 Å². The van der Waals surface area contributed by atoms with E-state index < -0.39 is 0 Å². The molecule has 0 saturated heterocycles. The summed E-state index contributed by atoms with van der Waals surface area (Å²) in [5.74, 6) is 2.08. The molecule has 2 heterocycles. The molecule has 10 aromatic rings. The van der Waals surface area contributed by atoms with Crippen LogP contribution in [0.25, 0.3) is 83.2 Å². The van der Waals surface area contributed by atoms with Crippen molar-refractivity contribution in [2.45, 2.75) is 59.3 Å². The largest absolute Gasteiger partial charge is 0.333 e. The van der Waals surface area contributed by atoms with Gasteiger partial charge in [-0.1, -0.05) is 173 Å². The predicted molar refractivity (Wildman–Crippen MR) is 262 cm³/mol. The SMILES string of the molecule is CC(C)c1cc(-c2ccccc2)cc(C(C)C)c1-n1c(-c2[c-]cc3c(ccc4ccccc43)c2)nc2ccccc21.CC(C)c1ccnc(-c2[c-]ccc(-c3ccccc3)c2)c1.[Ir]. The Hall–Kier alpha value is -6.45. The van der Waals surface area contributed by atoms with E-state index in [1.54, 1.807) is 0 Å². The monoisotopic (exact) mass is 994 g/mol. The van der Waals surface area contributed by atoms with Crippen molar-refractivity contribution in [3.63, 3.8) is 0 Å². The first-order valence-electron chi connectivity index (χ1n) is 21.8. The molecule has 0 fully saturated rings. The van der Waals surface area contributed by atoms with Crippen LogP contribution in [0.15, 0.2) is 182 Å². The maximum absolute atomic E-state index is 5.24. The first-order valence-corrected chi connectivity index (χ1v) is 21.8. The summed E-state index contributed by atoms with van der Waals surface area (Å²) in [6, 6.07) is 69.2. The van der Waals surface area contributed by atoms with Crippen LogP contribution in [0.1, 0.15) is 76.0 Å². The summed E-state index contributed by atoms with van der Waals surface area (Å²) in [7, 11) is 0. The molecule has 0 aliphatic rings. The minimum atomic E-state index is 0. The Balaban J connectivity index is 0.000000209. The van der Waals surface area contributed by atoms with E-state index in [1.165, 1.54) is 66.2 Å². The van der Waals surface area contributed by atoms with Gasteiger partial charge in [0, 0.05) is 32.0 Å². The third-order valence-electron chi connectivity index (χ3n) is 11.9. The van der Waals surface area contributed by atoms with Crippen molar-refractivity contribution >= 4 is 32.6 Å². The number of hydrogen-bond donors (Lipinski definition) is 0. The number of hydrogen-bond acceptors (Lipinski definition) is 2. The fourth-order valence-electron chi connectivity index (χ4n) is 8.50. The molecule has 3 nitrogen and oxygen atoms in total. The summed E-state index contributed by atoms with van der Waals surface area (Å²) < 4.78 is 2.40. The van der Waals surface area contributed by atoms with E-state index in [2.05, 4.69) is 227 Å². The van der Waals surface area contributed by atoms with E-state index in [4.69, 9.17) is 4.98 Å². The van der Waals surface area contributed by atoms with Crippen LogP contribution in [0.4, 0.5) is 0 Å². The molecular weight excluding hydrogens is 943 g/mol. The van der Waals surface area contributed by atoms with Crippen molar-refractivity contribution < 1.29 is 20.1 Å². The van der Waals surface area contributed by atoms with Gasteiger partial charge >= 0.3 is 0 Å². The third kappa shape index (κ3) is 8.93. The Morgan fingerprint density at radius 3 is 1.83 bits per heavy atom. The van der Waals surface area contributed by atoms with E-state index in [9.17, 15) is 0 Å². The molecular formula is C59H51IrN3-2. The minimum absolute atomic E-state index is 0. The summed E-state index contributed by atoms with van der Waals surface area (Å²) in [4.78, 5) is 9.74. The normalized spacial score (nSPS) is 11.3. The average molecular weight is 994 g/mol. The number of para-hydroxylation sites is 2. The molecule has 2 aromatic heterocycles. The summed E-state index contributed by atoms with van der Waals surface area (Å²) in [5.41, 5.74) is 15.2. The second kappa shape index (κ2) is 18.9. The first kappa shape index (κ1) is 43.2. The van der Waals surface area contributed by atoms with Gasteiger partial charge in [0.2, 0.25) is 0 Å². The van der Waals surface area contributed by atoms with Crippen molar-refractivity contribution in [1.29, 1.82) is 0 Å². The van der Waals surface area contributed by atoms with Gasteiger partial charge in [-0.15, -0.1) is 64.5 Å². The molecule has 0 unspecified atom stereocenters. The van der Waals surface area contributed by atoms with Gasteiger partial charge in [0.05, 0.1) is 16.9 Å². The number of aromatic nitrogens is 3. The maximum Gasteiger partial charge on any atom is 0.0774 e. The topological polar surface area (TPSA) is 30.7 Å². The molecule has 10 rings (SSSR count). The van der Waals surface area contributed by atoms with Gasteiger partial charge in [-0.3, -0.25) is 4.98 Å². The molecule has 0 bridgehead atoms. The van der Waals surface area contributed by atoms with Gasteiger partial charge in [0.1, 0.15) is 0 Å². The van der Waals surface area contributed by atoms with Gasteiger partial charge in [-0.25, -0.2) is 0 Å². The third-order valence-corrected chi connectivity index (χ3v) is 11.9. The van der Waals surface area contributed by atoms with Crippen molar-refractivity contribution in [2.24, 2.45) is 0 Å². The Kier molecular flexibility index (Phi) is 13.0. The van der Waals surface area contributed by atoms with Crippen molar-refractivity contribution in [3.05, 3.63) is 211 Å². The molecule has 0 spiro atoms. The van der Waals surface area contributed by atoms with Crippen LogP contribution < -0.4 is 0 Å². The Morgan fingerprint density at radius 1 is 0.492 bits per heavy atom. The maximum atomic E-state index is 5.24. The van der Waals surface area contributed by atoms with Gasteiger partial charge in [0.25, 0.3) is 0 Å². The molecule has 0 aliphatic carbocycles. The Labute approximate surface area is 385 Å². The second-order valence-electron chi connectivity index (χ2n) is 17.1. The Bertz CT molecular complexity index is 3130. The van der Waals surface area contributed by atoms with E-state index >= 15 is 0 Å². The average Bonchev–Trinajstić information content (AvgIpc) is 3.71. The van der Waals surface area contributed by atoms with Crippen LogP contribution in [0.2, 0.25) is 0 Å². The minimum Gasteiger partial charge on any atom is -0.333 e. The number of imidazole rings is 1. The zero-order valence-electron chi connectivity index (χ0n) is 36.7. The van der Waals surface area contributed by atoms with Crippen LogP contribution in [0.3, 0.4) is 0 Å². The fourth-order valence-corrected chi connectivity index (χ4v) is 8.50. The summed E-state index contributed by atoms with van der Waals surface area (Å²) in [6.45, 7) is 13.6. The van der Waals surface area contributed by atoms with E-state index in [-0.39, 0.29) is 20.1 Å². The van der Waals surface area contributed by atoms with Gasteiger partial charge in [-0.2, -0.15) is 0 Å². The van der Waals surface area contributed by atoms with Crippen LogP contribution >= 0.6 is 0 Å². The number of rotatable bonds is 8. The quantitative estimate of drug-likeness (QED) is 0.112. The Morgan fingerprint density at radius 2 is 1.13 bits per heavy atom. The van der Waals surface area contributed by atoms with Gasteiger partial charge < -0.3 is 9.55 Å². The van der Waals surface area contributed by atoms with E-state index in [0.717, 1.165) is 33.7 Å². The zero-order valence-corrected chi connectivity index (χ0v) is 39.1. The molecule has 313 valence electrons. The zero-order chi connectivity index (χ0) is 42.7. The molecule has 0 atom stereocenters. The molecule has 0 saturated carbocycles. The molecule has 0 amide bonds. The van der Waals surface area contributed by atoms with E-state index in [0.29, 0.717) is 17.8 Å². The van der Waals surface area contributed by atoms with Crippen molar-refractivity contribution in [2.75, 3.05) is 0 Å². The summed E-state index contributed by atoms with van der Waals surface area (Å²) >= 11 is 0. The van der Waals surface area contributed by atoms with Gasteiger partial charge in [-0.05, 0) is 87.0 Å². The number of fused-ring (bicyclic) bond motifs is 4. The fraction of sp³-hybridized carbons (Fsp3) is 0.153. The smallest absolute Gasteiger partial charge is 0.0774 e. The predicted octanol–water partition coefficient (Wildman–Crippen LogP) is 16.0. The molecule has 8 aromatic carbocycles. The molecule has 1 radical (unpaired) electrons. The molecule has 63 heavy (non-hydrogen) atoms. The summed E-state index contributed by atoms with van der Waals surface area (Å²) in [6.07, 6.45) is 1.88. The molecule has 4 heteroatoms. The van der Waals surface area contributed by atoms with Crippen LogP contribution in [0, 0.1) is 12.1 Å². The number of nitrogens with zero attached hydrogens (tertiary/aromatic N) is 3. The second-order valence-corrected chi connectivity index (χ2v) is 17.1. The molecule has 0 aliphatic heterocycles. The van der Waals surface area contributed by atoms with Crippen molar-refractivity contribution in [1.82, 2.24) is 14.5 Å². The standard InChI is InChI=1S/C39H33N2.C20H18N.Ir/c1-25(2)34-23-31(27-12-6-5-7-13-27)24-35(26(3)4)38(34)41-37-17-11-10-16-36(37)40-39(41)30-20-21-33-29(22-30)19-18-28-14-8-9-15-32(28)33;1-15(2)17-11-12-21-20(14-17)19-10-6-9-18(13-19)16-7-4-3-5-8-16;/h5-19,21-26H,1-4H3;3-9,11-15H,1-2H3;/q2*-1;. The van der Waals surface area contributed by atoms with E-state index in [1.807, 2.05) is 18.3 Å². The summed E-state index contributed by atoms with van der Waals surface area (Å²) in [5, 5.41) is 4.91. The number of pyridine rings is 1. The first-order chi connectivity index (χ1) is 30.2. The number of benzene rings is 8.